The Morgan fingerprint density at radius 1 is 1.10 bits per heavy atom. The second-order valence-electron chi connectivity index (χ2n) is 5.35. The smallest absolute Gasteiger partial charge is 0.119 e. The molecule has 1 aromatic carbocycles. The molecule has 20 heavy (non-hydrogen) atoms. The first kappa shape index (κ1) is 17.0. The van der Waals surface area contributed by atoms with Crippen LogP contribution in [0.25, 0.3) is 0 Å². The van der Waals surface area contributed by atoms with Crippen molar-refractivity contribution in [1.82, 2.24) is 5.32 Å². The highest BCUT2D eigenvalue weighted by Crippen LogP contribution is 2.26. The molecule has 0 spiro atoms. The quantitative estimate of drug-likeness (QED) is 0.746. The molecule has 0 aliphatic rings. The maximum atomic E-state index is 5.91. The molecule has 0 heterocycles. The van der Waals surface area contributed by atoms with Gasteiger partial charge in [0.2, 0.25) is 0 Å². The molecule has 3 heteroatoms. The number of hydrogen-bond acceptors (Lipinski definition) is 3. The van der Waals surface area contributed by atoms with Crippen LogP contribution in [0.5, 0.6) is 5.75 Å². The Kier molecular flexibility index (Phi) is 7.63. The van der Waals surface area contributed by atoms with Crippen molar-refractivity contribution in [1.29, 1.82) is 0 Å². The van der Waals surface area contributed by atoms with Crippen molar-refractivity contribution in [2.24, 2.45) is 5.92 Å². The Hall–Kier alpha value is -1.06. The van der Waals surface area contributed by atoms with Gasteiger partial charge in [-0.05, 0) is 44.0 Å². The summed E-state index contributed by atoms with van der Waals surface area (Å²) in [5.41, 5.74) is 1.24. The highest BCUT2D eigenvalue weighted by atomic mass is 16.5. The molecule has 114 valence electrons. The fraction of sp³-hybridized carbons (Fsp3) is 0.647. The van der Waals surface area contributed by atoms with Crippen LogP contribution in [0.2, 0.25) is 0 Å². The predicted octanol–water partition coefficient (Wildman–Crippen LogP) is 3.80. The van der Waals surface area contributed by atoms with E-state index in [4.69, 9.17) is 9.47 Å². The van der Waals surface area contributed by atoms with Crippen LogP contribution >= 0.6 is 0 Å². The Morgan fingerprint density at radius 2 is 1.75 bits per heavy atom. The largest absolute Gasteiger partial charge is 0.494 e. The first-order valence-corrected chi connectivity index (χ1v) is 7.65. The SMILES string of the molecule is CCCOc1ccc(C(NC)C(OCC)C(C)C)cc1. The summed E-state index contributed by atoms with van der Waals surface area (Å²) in [4.78, 5) is 0. The molecule has 0 aromatic heterocycles. The molecule has 0 amide bonds. The Labute approximate surface area is 123 Å². The highest BCUT2D eigenvalue weighted by molar-refractivity contribution is 5.30. The normalized spacial score (nSPS) is 14.3. The lowest BCUT2D eigenvalue weighted by molar-refractivity contribution is 0.00459. The number of rotatable bonds is 9. The molecule has 2 atom stereocenters. The zero-order valence-corrected chi connectivity index (χ0v) is 13.5. The van der Waals surface area contributed by atoms with E-state index in [2.05, 4.69) is 38.2 Å². The van der Waals surface area contributed by atoms with E-state index in [9.17, 15) is 0 Å². The van der Waals surface area contributed by atoms with Crippen molar-refractivity contribution in [2.45, 2.75) is 46.3 Å². The van der Waals surface area contributed by atoms with Gasteiger partial charge in [-0.15, -0.1) is 0 Å². The molecule has 0 fully saturated rings. The second kappa shape index (κ2) is 8.98. The molecule has 1 N–H and O–H groups in total. The molecule has 0 aliphatic heterocycles. The van der Waals surface area contributed by atoms with Crippen molar-refractivity contribution in [3.05, 3.63) is 29.8 Å². The number of ether oxygens (including phenoxy) is 2. The van der Waals surface area contributed by atoms with Gasteiger partial charge >= 0.3 is 0 Å². The van der Waals surface area contributed by atoms with E-state index in [0.29, 0.717) is 5.92 Å². The number of hydrogen-bond donors (Lipinski definition) is 1. The maximum Gasteiger partial charge on any atom is 0.119 e. The topological polar surface area (TPSA) is 30.5 Å². The van der Waals surface area contributed by atoms with Gasteiger partial charge in [-0.25, -0.2) is 0 Å². The van der Waals surface area contributed by atoms with Crippen molar-refractivity contribution in [3.63, 3.8) is 0 Å². The van der Waals surface area contributed by atoms with Crippen LogP contribution in [0.3, 0.4) is 0 Å². The van der Waals surface area contributed by atoms with Crippen LogP contribution < -0.4 is 10.1 Å². The van der Waals surface area contributed by atoms with Crippen LogP contribution in [0.15, 0.2) is 24.3 Å². The molecule has 0 saturated carbocycles. The summed E-state index contributed by atoms with van der Waals surface area (Å²) in [7, 11) is 1.99. The zero-order valence-electron chi connectivity index (χ0n) is 13.5. The molecule has 0 radical (unpaired) electrons. The molecule has 0 bridgehead atoms. The Morgan fingerprint density at radius 3 is 2.20 bits per heavy atom. The van der Waals surface area contributed by atoms with Crippen LogP contribution in [0.1, 0.15) is 45.7 Å². The van der Waals surface area contributed by atoms with Crippen molar-refractivity contribution < 1.29 is 9.47 Å². The van der Waals surface area contributed by atoms with Crippen LogP contribution in [0, 0.1) is 5.92 Å². The van der Waals surface area contributed by atoms with Crippen LogP contribution in [0.4, 0.5) is 0 Å². The van der Waals surface area contributed by atoms with Gasteiger partial charge in [-0.1, -0.05) is 32.9 Å². The first-order chi connectivity index (χ1) is 9.63. The van der Waals surface area contributed by atoms with Gasteiger partial charge in [0.05, 0.1) is 18.8 Å². The monoisotopic (exact) mass is 279 g/mol. The van der Waals surface area contributed by atoms with Gasteiger partial charge in [-0.2, -0.15) is 0 Å². The van der Waals surface area contributed by atoms with E-state index >= 15 is 0 Å². The van der Waals surface area contributed by atoms with Crippen molar-refractivity contribution in [2.75, 3.05) is 20.3 Å². The third kappa shape index (κ3) is 4.80. The molecule has 0 saturated heterocycles. The van der Waals surface area contributed by atoms with E-state index in [0.717, 1.165) is 25.4 Å². The van der Waals surface area contributed by atoms with Crippen LogP contribution in [-0.4, -0.2) is 26.4 Å². The summed E-state index contributed by atoms with van der Waals surface area (Å²) in [5.74, 6) is 1.39. The van der Waals surface area contributed by atoms with E-state index in [-0.39, 0.29) is 12.1 Å². The first-order valence-electron chi connectivity index (χ1n) is 7.65. The van der Waals surface area contributed by atoms with Gasteiger partial charge in [0.15, 0.2) is 0 Å². The summed E-state index contributed by atoms with van der Waals surface area (Å²) in [5, 5.41) is 3.38. The van der Waals surface area contributed by atoms with Gasteiger partial charge in [0, 0.05) is 6.61 Å². The molecular formula is C17H29NO2. The third-order valence-corrected chi connectivity index (χ3v) is 3.37. The van der Waals surface area contributed by atoms with E-state index in [1.165, 1.54) is 5.56 Å². The van der Waals surface area contributed by atoms with E-state index < -0.39 is 0 Å². The van der Waals surface area contributed by atoms with Gasteiger partial charge in [0.25, 0.3) is 0 Å². The second-order valence-corrected chi connectivity index (χ2v) is 5.35. The minimum Gasteiger partial charge on any atom is -0.494 e. The van der Waals surface area contributed by atoms with Crippen molar-refractivity contribution >= 4 is 0 Å². The number of nitrogens with one attached hydrogen (secondary N) is 1. The fourth-order valence-corrected chi connectivity index (χ4v) is 2.38. The molecule has 0 aliphatic carbocycles. The van der Waals surface area contributed by atoms with Crippen molar-refractivity contribution in [3.8, 4) is 5.75 Å². The maximum absolute atomic E-state index is 5.91. The molecule has 1 aromatic rings. The standard InChI is InChI=1S/C17H29NO2/c1-6-12-20-15-10-8-14(9-11-15)16(18-5)17(13(3)4)19-7-2/h8-11,13,16-18H,6-7,12H2,1-5H3. The minimum absolute atomic E-state index is 0.174. The summed E-state index contributed by atoms with van der Waals surface area (Å²) < 4.78 is 11.5. The fourth-order valence-electron chi connectivity index (χ4n) is 2.38. The van der Waals surface area contributed by atoms with Gasteiger partial charge in [-0.3, -0.25) is 0 Å². The molecule has 3 nitrogen and oxygen atoms in total. The molecule has 2 unspecified atom stereocenters. The zero-order chi connectivity index (χ0) is 15.0. The van der Waals surface area contributed by atoms with Gasteiger partial charge < -0.3 is 14.8 Å². The predicted molar refractivity (Wildman–Crippen MR) is 84.3 cm³/mol. The summed E-state index contributed by atoms with van der Waals surface area (Å²) >= 11 is 0. The summed E-state index contributed by atoms with van der Waals surface area (Å²) in [6.07, 6.45) is 1.20. The average molecular weight is 279 g/mol. The van der Waals surface area contributed by atoms with E-state index in [1.807, 2.05) is 26.1 Å². The number of likely N-dealkylation sites (N-methyl/N-ethyl adjacent to an activating group) is 1. The molecular weight excluding hydrogens is 250 g/mol. The minimum atomic E-state index is 0.174. The summed E-state index contributed by atoms with van der Waals surface area (Å²) in [6.45, 7) is 10.1. The van der Waals surface area contributed by atoms with Crippen LogP contribution in [-0.2, 0) is 4.74 Å². The van der Waals surface area contributed by atoms with Gasteiger partial charge in [0.1, 0.15) is 5.75 Å². The lowest BCUT2D eigenvalue weighted by atomic mass is 9.93. The Bertz CT molecular complexity index is 362. The van der Waals surface area contributed by atoms with E-state index in [1.54, 1.807) is 0 Å². The summed E-state index contributed by atoms with van der Waals surface area (Å²) in [6, 6.07) is 8.54. The number of benzene rings is 1. The highest BCUT2D eigenvalue weighted by Gasteiger charge is 2.25. The average Bonchev–Trinajstić information content (AvgIpc) is 2.46. The lowest BCUT2D eigenvalue weighted by Crippen LogP contribution is -2.35. The lowest BCUT2D eigenvalue weighted by Gasteiger charge is -2.30. The Balaban J connectivity index is 2.82. The molecule has 1 rings (SSSR count). The third-order valence-electron chi connectivity index (χ3n) is 3.37.